The average Bonchev–Trinajstić information content (AvgIpc) is 1.99. The summed E-state index contributed by atoms with van der Waals surface area (Å²) in [5.41, 5.74) is 0. The van der Waals surface area contributed by atoms with Crippen molar-refractivity contribution in [1.82, 2.24) is 0 Å². The van der Waals surface area contributed by atoms with Crippen LogP contribution < -0.4 is 4.74 Å². The summed E-state index contributed by atoms with van der Waals surface area (Å²) >= 11 is 8.84. The van der Waals surface area contributed by atoms with E-state index in [1.165, 1.54) is 6.07 Å². The normalized spacial score (nSPS) is 11.5. The van der Waals surface area contributed by atoms with E-state index in [1.54, 1.807) is 12.1 Å². The maximum Gasteiger partial charge on any atom is 0.392 e. The van der Waals surface area contributed by atoms with Gasteiger partial charge in [-0.15, -0.1) is 0 Å². The van der Waals surface area contributed by atoms with Crippen molar-refractivity contribution < 1.29 is 17.9 Å². The third-order valence-electron chi connectivity index (χ3n) is 1.49. The number of hydrogen-bond acceptors (Lipinski definition) is 1. The zero-order valence-electron chi connectivity index (χ0n) is 7.44. The van der Waals surface area contributed by atoms with E-state index in [1.807, 2.05) is 0 Å². The van der Waals surface area contributed by atoms with Crippen molar-refractivity contribution in [3.05, 3.63) is 27.7 Å². The van der Waals surface area contributed by atoms with Crippen LogP contribution in [0.1, 0.15) is 6.42 Å². The van der Waals surface area contributed by atoms with E-state index in [0.717, 1.165) is 0 Å². The van der Waals surface area contributed by atoms with Crippen molar-refractivity contribution in [1.29, 1.82) is 0 Å². The molecule has 0 aliphatic carbocycles. The molecule has 0 aliphatic rings. The van der Waals surface area contributed by atoms with E-state index in [-0.39, 0.29) is 0 Å². The number of halogens is 5. The zero-order chi connectivity index (χ0) is 11.5. The summed E-state index contributed by atoms with van der Waals surface area (Å²) in [4.78, 5) is 0. The van der Waals surface area contributed by atoms with Gasteiger partial charge >= 0.3 is 6.18 Å². The first-order valence-corrected chi connectivity index (χ1v) is 5.19. The van der Waals surface area contributed by atoms with Crippen molar-refractivity contribution >= 4 is 27.5 Å². The molecule has 0 fully saturated rings. The molecule has 0 heterocycles. The summed E-state index contributed by atoms with van der Waals surface area (Å²) in [6.07, 6.45) is -5.17. The Morgan fingerprint density at radius 2 is 1.93 bits per heavy atom. The largest absolute Gasteiger partial charge is 0.493 e. The summed E-state index contributed by atoms with van der Waals surface area (Å²) in [5.74, 6) is 0.318. The molecule has 1 aromatic rings. The highest BCUT2D eigenvalue weighted by Crippen LogP contribution is 2.25. The van der Waals surface area contributed by atoms with Crippen molar-refractivity contribution in [2.24, 2.45) is 0 Å². The number of rotatable bonds is 3. The Bertz CT molecular complexity index is 320. The quantitative estimate of drug-likeness (QED) is 0.802. The molecule has 0 aromatic heterocycles. The van der Waals surface area contributed by atoms with Gasteiger partial charge in [0.2, 0.25) is 0 Å². The molecule has 1 aromatic carbocycles. The Hall–Kier alpha value is -0.420. The van der Waals surface area contributed by atoms with Crippen LogP contribution in [-0.4, -0.2) is 12.8 Å². The lowest BCUT2D eigenvalue weighted by atomic mass is 10.3. The lowest BCUT2D eigenvalue weighted by molar-refractivity contribution is -0.139. The molecule has 0 bridgehead atoms. The molecular weight excluding hydrogens is 296 g/mol. The van der Waals surface area contributed by atoms with Crippen LogP contribution in [0.5, 0.6) is 5.75 Å². The first-order valence-electron chi connectivity index (χ1n) is 4.02. The molecule has 1 nitrogen and oxygen atoms in total. The van der Waals surface area contributed by atoms with Crippen LogP contribution in [0.4, 0.5) is 13.2 Å². The van der Waals surface area contributed by atoms with Crippen LogP contribution in [0, 0.1) is 0 Å². The molecule has 0 atom stereocenters. The second-order valence-corrected chi connectivity index (χ2v) is 4.17. The minimum absolute atomic E-state index is 0.318. The fourth-order valence-electron chi connectivity index (χ4n) is 0.896. The van der Waals surface area contributed by atoms with Crippen LogP contribution in [0.15, 0.2) is 22.7 Å². The second-order valence-electron chi connectivity index (χ2n) is 2.82. The molecule has 0 aliphatic heterocycles. The Morgan fingerprint density at radius 3 is 2.47 bits per heavy atom. The van der Waals surface area contributed by atoms with E-state index in [9.17, 15) is 13.2 Å². The standard InChI is InChI=1S/C9H7BrClF3O/c10-6-3-7(11)5-8(4-6)15-2-1-9(12,13)14/h3-5H,1-2H2. The highest BCUT2D eigenvalue weighted by molar-refractivity contribution is 9.10. The van der Waals surface area contributed by atoms with Crippen LogP contribution in [0.3, 0.4) is 0 Å². The van der Waals surface area contributed by atoms with Gasteiger partial charge in [-0.05, 0) is 18.2 Å². The third-order valence-corrected chi connectivity index (χ3v) is 2.17. The molecular formula is C9H7BrClF3O. The SMILES string of the molecule is FC(F)(F)CCOc1cc(Cl)cc(Br)c1. The van der Waals surface area contributed by atoms with Gasteiger partial charge in [0.15, 0.2) is 0 Å². The van der Waals surface area contributed by atoms with E-state index in [4.69, 9.17) is 16.3 Å². The number of alkyl halides is 3. The van der Waals surface area contributed by atoms with Crippen LogP contribution in [0.25, 0.3) is 0 Å². The van der Waals surface area contributed by atoms with Crippen molar-refractivity contribution in [3.63, 3.8) is 0 Å². The van der Waals surface area contributed by atoms with Gasteiger partial charge in [0, 0.05) is 9.50 Å². The molecule has 0 spiro atoms. The fraction of sp³-hybridized carbons (Fsp3) is 0.333. The third kappa shape index (κ3) is 5.28. The lowest BCUT2D eigenvalue weighted by Crippen LogP contribution is -2.12. The second kappa shape index (κ2) is 5.07. The Balaban J connectivity index is 2.51. The molecule has 1 rings (SSSR count). The van der Waals surface area contributed by atoms with E-state index in [0.29, 0.717) is 15.2 Å². The molecule has 0 N–H and O–H groups in total. The Morgan fingerprint density at radius 1 is 1.27 bits per heavy atom. The van der Waals surface area contributed by atoms with Crippen molar-refractivity contribution in [3.8, 4) is 5.75 Å². The van der Waals surface area contributed by atoms with Gasteiger partial charge in [-0.25, -0.2) is 0 Å². The lowest BCUT2D eigenvalue weighted by Gasteiger charge is -2.09. The summed E-state index contributed by atoms with van der Waals surface area (Å²) in [5, 5.41) is 0.409. The fourth-order valence-corrected chi connectivity index (χ4v) is 1.73. The van der Waals surface area contributed by atoms with Crippen LogP contribution >= 0.6 is 27.5 Å². The van der Waals surface area contributed by atoms with Gasteiger partial charge in [-0.2, -0.15) is 13.2 Å². The summed E-state index contributed by atoms with van der Waals surface area (Å²) in [6, 6.07) is 4.64. The molecule has 84 valence electrons. The van der Waals surface area contributed by atoms with E-state index >= 15 is 0 Å². The molecule has 0 amide bonds. The average molecular weight is 304 g/mol. The molecule has 6 heteroatoms. The Kier molecular flexibility index (Phi) is 4.28. The first-order chi connectivity index (χ1) is 6.87. The minimum Gasteiger partial charge on any atom is -0.493 e. The molecule has 15 heavy (non-hydrogen) atoms. The number of benzene rings is 1. The minimum atomic E-state index is -4.20. The van der Waals surface area contributed by atoms with Gasteiger partial charge in [-0.1, -0.05) is 27.5 Å². The smallest absolute Gasteiger partial charge is 0.392 e. The molecule has 0 saturated heterocycles. The van der Waals surface area contributed by atoms with Gasteiger partial charge in [0.25, 0.3) is 0 Å². The number of hydrogen-bond donors (Lipinski definition) is 0. The maximum absolute atomic E-state index is 11.8. The Labute approximate surface area is 98.3 Å². The predicted molar refractivity (Wildman–Crippen MR) is 55.3 cm³/mol. The zero-order valence-corrected chi connectivity index (χ0v) is 9.79. The van der Waals surface area contributed by atoms with Gasteiger partial charge in [-0.3, -0.25) is 0 Å². The monoisotopic (exact) mass is 302 g/mol. The summed E-state index contributed by atoms with van der Waals surface area (Å²) in [6.45, 7) is -0.406. The van der Waals surface area contributed by atoms with E-state index in [2.05, 4.69) is 15.9 Å². The van der Waals surface area contributed by atoms with Gasteiger partial charge in [0.1, 0.15) is 5.75 Å². The number of ether oxygens (including phenoxy) is 1. The first kappa shape index (κ1) is 12.6. The van der Waals surface area contributed by atoms with Crippen molar-refractivity contribution in [2.75, 3.05) is 6.61 Å². The highest BCUT2D eigenvalue weighted by Gasteiger charge is 2.26. The topological polar surface area (TPSA) is 9.23 Å². The van der Waals surface area contributed by atoms with Gasteiger partial charge in [0.05, 0.1) is 13.0 Å². The summed E-state index contributed by atoms with van der Waals surface area (Å²) in [7, 11) is 0. The maximum atomic E-state index is 11.8. The van der Waals surface area contributed by atoms with E-state index < -0.39 is 19.2 Å². The highest BCUT2D eigenvalue weighted by atomic mass is 79.9. The molecule has 0 saturated carbocycles. The van der Waals surface area contributed by atoms with Crippen LogP contribution in [-0.2, 0) is 0 Å². The van der Waals surface area contributed by atoms with Crippen LogP contribution in [0.2, 0.25) is 5.02 Å². The predicted octanol–water partition coefficient (Wildman–Crippen LogP) is 4.43. The summed E-state index contributed by atoms with van der Waals surface area (Å²) < 4.78 is 41.0. The molecule has 0 unspecified atom stereocenters. The molecule has 0 radical (unpaired) electrons. The van der Waals surface area contributed by atoms with Gasteiger partial charge < -0.3 is 4.74 Å². The van der Waals surface area contributed by atoms with Crippen molar-refractivity contribution in [2.45, 2.75) is 12.6 Å².